The highest BCUT2D eigenvalue weighted by Crippen LogP contribution is 2.42. The van der Waals surface area contributed by atoms with Crippen LogP contribution in [0.5, 0.6) is 0 Å². The van der Waals surface area contributed by atoms with Gasteiger partial charge >= 0.3 is 0 Å². The molecule has 49 heavy (non-hydrogen) atoms. The second-order valence-corrected chi connectivity index (χ2v) is 13.2. The van der Waals surface area contributed by atoms with Crippen molar-refractivity contribution in [1.82, 2.24) is 14.5 Å². The molecule has 10 aromatic rings. The maximum absolute atomic E-state index is 6.62. The average molecular weight is 630 g/mol. The first-order valence-corrected chi connectivity index (χ1v) is 16.9. The minimum atomic E-state index is 0.479. The van der Waals surface area contributed by atoms with E-state index in [0.717, 1.165) is 71.5 Å². The van der Waals surface area contributed by atoms with Gasteiger partial charge in [-0.1, -0.05) is 123 Å². The van der Waals surface area contributed by atoms with Gasteiger partial charge in [0.2, 0.25) is 5.95 Å². The molecule has 0 N–H and O–H groups in total. The minimum absolute atomic E-state index is 0.479. The fourth-order valence-corrected chi connectivity index (χ4v) is 7.46. The molecule has 10 rings (SSSR count). The second kappa shape index (κ2) is 10.6. The van der Waals surface area contributed by atoms with E-state index >= 15 is 0 Å². The van der Waals surface area contributed by atoms with E-state index in [2.05, 4.69) is 146 Å². The van der Waals surface area contributed by atoms with Crippen LogP contribution in [0.1, 0.15) is 25.3 Å². The van der Waals surface area contributed by atoms with E-state index in [0.29, 0.717) is 11.9 Å². The van der Waals surface area contributed by atoms with Gasteiger partial charge in [0.1, 0.15) is 11.2 Å². The van der Waals surface area contributed by atoms with E-state index < -0.39 is 0 Å². The van der Waals surface area contributed by atoms with Gasteiger partial charge in [0.15, 0.2) is 0 Å². The quantitative estimate of drug-likeness (QED) is 0.195. The number of aromatic nitrogens is 3. The van der Waals surface area contributed by atoms with Gasteiger partial charge in [-0.3, -0.25) is 4.57 Å². The predicted octanol–water partition coefficient (Wildman–Crippen LogP) is 12.2. The molecule has 3 aromatic heterocycles. The fourth-order valence-electron chi connectivity index (χ4n) is 7.46. The zero-order valence-electron chi connectivity index (χ0n) is 27.2. The zero-order valence-corrected chi connectivity index (χ0v) is 27.2. The summed E-state index contributed by atoms with van der Waals surface area (Å²) in [7, 11) is 0. The summed E-state index contributed by atoms with van der Waals surface area (Å²) in [6, 6.07) is 51.7. The second-order valence-electron chi connectivity index (χ2n) is 13.2. The van der Waals surface area contributed by atoms with E-state index in [1.165, 1.54) is 21.9 Å². The first kappa shape index (κ1) is 27.8. The molecule has 0 unspecified atom stereocenters. The van der Waals surface area contributed by atoms with Crippen LogP contribution in [0.3, 0.4) is 0 Å². The number of fused-ring (bicyclic) bond motifs is 9. The molecule has 0 aliphatic heterocycles. The predicted molar refractivity (Wildman–Crippen MR) is 204 cm³/mol. The van der Waals surface area contributed by atoms with Crippen molar-refractivity contribution in [3.05, 3.63) is 151 Å². The van der Waals surface area contributed by atoms with Gasteiger partial charge in [-0.2, -0.15) is 0 Å². The topological polar surface area (TPSA) is 43.9 Å². The molecule has 0 bridgehead atoms. The van der Waals surface area contributed by atoms with Crippen molar-refractivity contribution in [1.29, 1.82) is 0 Å². The van der Waals surface area contributed by atoms with Crippen molar-refractivity contribution in [2.75, 3.05) is 0 Å². The third-order valence-electron chi connectivity index (χ3n) is 10.00. The van der Waals surface area contributed by atoms with Crippen LogP contribution in [0.15, 0.2) is 150 Å². The molecule has 0 saturated heterocycles. The van der Waals surface area contributed by atoms with Gasteiger partial charge in [0.05, 0.1) is 27.6 Å². The third kappa shape index (κ3) is 4.31. The van der Waals surface area contributed by atoms with E-state index in [1.54, 1.807) is 0 Å². The van der Waals surface area contributed by atoms with Crippen LogP contribution in [0.4, 0.5) is 0 Å². The summed E-state index contributed by atoms with van der Waals surface area (Å²) in [5.41, 5.74) is 10.3. The average Bonchev–Trinajstić information content (AvgIpc) is 3.69. The molecule has 7 aromatic carbocycles. The van der Waals surface area contributed by atoms with Crippen LogP contribution in [-0.2, 0) is 0 Å². The third-order valence-corrected chi connectivity index (χ3v) is 10.00. The maximum Gasteiger partial charge on any atom is 0.235 e. The van der Waals surface area contributed by atoms with Crippen molar-refractivity contribution in [2.24, 2.45) is 0 Å². The summed E-state index contributed by atoms with van der Waals surface area (Å²) in [4.78, 5) is 10.6. The van der Waals surface area contributed by atoms with Gasteiger partial charge in [0.25, 0.3) is 0 Å². The van der Waals surface area contributed by atoms with Crippen molar-refractivity contribution in [3.63, 3.8) is 0 Å². The summed E-state index contributed by atoms with van der Waals surface area (Å²) in [6.07, 6.45) is 0. The SMILES string of the molecule is CC(C)c1ccc(-c2ccc3c4c5oc6ccccc6c5ccc4n(-c4nc(-c5ccc6ccccc6c5)c5ccccc5n4)c3c2)cc1. The molecule has 0 atom stereocenters. The Morgan fingerprint density at radius 2 is 1.24 bits per heavy atom. The molecule has 0 spiro atoms. The lowest BCUT2D eigenvalue weighted by molar-refractivity contribution is 0.673. The summed E-state index contributed by atoms with van der Waals surface area (Å²) >= 11 is 0. The van der Waals surface area contributed by atoms with Crippen LogP contribution in [0.2, 0.25) is 0 Å². The minimum Gasteiger partial charge on any atom is -0.455 e. The number of benzene rings is 7. The maximum atomic E-state index is 6.62. The lowest BCUT2D eigenvalue weighted by Gasteiger charge is -2.13. The summed E-state index contributed by atoms with van der Waals surface area (Å²) in [5, 5.41) is 7.79. The van der Waals surface area contributed by atoms with Crippen molar-refractivity contribution in [3.8, 4) is 28.3 Å². The molecule has 0 aliphatic carbocycles. The van der Waals surface area contributed by atoms with E-state index in [1.807, 2.05) is 18.2 Å². The Labute approximate surface area is 282 Å². The Bertz CT molecular complexity index is 2910. The number of hydrogen-bond acceptors (Lipinski definition) is 3. The van der Waals surface area contributed by atoms with Crippen molar-refractivity contribution in [2.45, 2.75) is 19.8 Å². The molecule has 0 amide bonds. The van der Waals surface area contributed by atoms with Crippen molar-refractivity contribution >= 4 is 65.4 Å². The van der Waals surface area contributed by atoms with Crippen LogP contribution in [0.25, 0.3) is 93.8 Å². The Morgan fingerprint density at radius 3 is 2.10 bits per heavy atom. The van der Waals surface area contributed by atoms with E-state index in [9.17, 15) is 0 Å². The lowest BCUT2D eigenvalue weighted by Crippen LogP contribution is -2.03. The van der Waals surface area contributed by atoms with Gasteiger partial charge in [-0.05, 0) is 69.8 Å². The van der Waals surface area contributed by atoms with Gasteiger partial charge in [0, 0.05) is 27.1 Å². The highest BCUT2D eigenvalue weighted by Gasteiger charge is 2.22. The molecule has 4 nitrogen and oxygen atoms in total. The number of hydrogen-bond donors (Lipinski definition) is 0. The van der Waals surface area contributed by atoms with Crippen LogP contribution >= 0.6 is 0 Å². The molecule has 0 aliphatic rings. The molecule has 0 fully saturated rings. The molecular formula is C45H31N3O. The first-order valence-electron chi connectivity index (χ1n) is 16.9. The van der Waals surface area contributed by atoms with Crippen molar-refractivity contribution < 1.29 is 4.42 Å². The smallest absolute Gasteiger partial charge is 0.235 e. The highest BCUT2D eigenvalue weighted by molar-refractivity contribution is 6.24. The summed E-state index contributed by atoms with van der Waals surface area (Å²) in [6.45, 7) is 4.46. The standard InChI is InChI=1S/C45H31N3O/c1-27(2)28-15-17-30(18-16-28)32-21-22-37-40(26-32)48(39-24-23-35-34-11-6-8-14-41(34)49-44(35)42(37)39)45-46-38-13-7-5-12-36(38)43(47-45)33-20-19-29-9-3-4-10-31(29)25-33/h3-27H,1-2H3. The Balaban J connectivity index is 1.29. The highest BCUT2D eigenvalue weighted by atomic mass is 16.3. The Hall–Kier alpha value is -6.26. The number of furan rings is 1. The molecule has 0 radical (unpaired) electrons. The number of para-hydroxylation sites is 2. The van der Waals surface area contributed by atoms with Crippen LogP contribution < -0.4 is 0 Å². The van der Waals surface area contributed by atoms with E-state index in [-0.39, 0.29) is 0 Å². The number of nitrogens with zero attached hydrogens (tertiary/aromatic N) is 3. The molecule has 0 saturated carbocycles. The fraction of sp³-hybridized carbons (Fsp3) is 0.0667. The zero-order chi connectivity index (χ0) is 32.6. The number of rotatable bonds is 4. The largest absolute Gasteiger partial charge is 0.455 e. The molecule has 4 heteroatoms. The normalized spacial score (nSPS) is 12.1. The summed E-state index contributed by atoms with van der Waals surface area (Å²) < 4.78 is 8.85. The molecule has 3 heterocycles. The van der Waals surface area contributed by atoms with Crippen LogP contribution in [-0.4, -0.2) is 14.5 Å². The van der Waals surface area contributed by atoms with Gasteiger partial charge in [-0.25, -0.2) is 9.97 Å². The van der Waals surface area contributed by atoms with Crippen LogP contribution in [0, 0.1) is 0 Å². The summed E-state index contributed by atoms with van der Waals surface area (Å²) in [5.74, 6) is 1.11. The Kier molecular flexibility index (Phi) is 6.03. The lowest BCUT2D eigenvalue weighted by atomic mass is 9.98. The monoisotopic (exact) mass is 629 g/mol. The first-order chi connectivity index (χ1) is 24.1. The molecular weight excluding hydrogens is 599 g/mol. The van der Waals surface area contributed by atoms with Gasteiger partial charge in [-0.15, -0.1) is 0 Å². The molecule has 232 valence electrons. The Morgan fingerprint density at radius 1 is 0.531 bits per heavy atom. The van der Waals surface area contributed by atoms with Gasteiger partial charge < -0.3 is 4.42 Å². The van der Waals surface area contributed by atoms with E-state index in [4.69, 9.17) is 14.4 Å².